The molecule has 0 spiro atoms. The first-order valence-electron chi connectivity index (χ1n) is 8.42. The highest BCUT2D eigenvalue weighted by Crippen LogP contribution is 2.30. The molecule has 0 aliphatic carbocycles. The number of carbonyl (C=O) groups excluding carboxylic acids is 2. The van der Waals surface area contributed by atoms with Crippen molar-refractivity contribution >= 4 is 27.5 Å². The third kappa shape index (κ3) is 3.66. The second-order valence-corrected chi connectivity index (χ2v) is 8.07. The second kappa shape index (κ2) is 7.40. The molecule has 2 aromatic carbocycles. The van der Waals surface area contributed by atoms with Gasteiger partial charge in [-0.15, -0.1) is 0 Å². The number of amides is 2. The zero-order valence-electron chi connectivity index (χ0n) is 15.0. The zero-order valence-corrected chi connectivity index (χ0v) is 15.8. The van der Waals surface area contributed by atoms with Crippen molar-refractivity contribution in [3.05, 3.63) is 54.1 Å². The third-order valence-corrected chi connectivity index (χ3v) is 6.25. The number of carbonyl (C=O) groups is 2. The van der Waals surface area contributed by atoms with Crippen LogP contribution >= 0.6 is 0 Å². The standard InChI is InChI=1S/C19H20N2O5S/c1-13-7-9-14(10-8-13)27(24,25)21-16(11-12-18(21)22)19(23)20-15-5-3-4-6-17(15)26-2/h3-10,16H,11-12H2,1-2H3,(H,20,23)/t16-/m1/s1. The van der Waals surface area contributed by atoms with Gasteiger partial charge in [-0.05, 0) is 37.6 Å². The second-order valence-electron chi connectivity index (χ2n) is 6.25. The van der Waals surface area contributed by atoms with Gasteiger partial charge in [-0.25, -0.2) is 12.7 Å². The molecule has 2 amide bonds. The van der Waals surface area contributed by atoms with Gasteiger partial charge in [0.25, 0.3) is 10.0 Å². The van der Waals surface area contributed by atoms with Gasteiger partial charge in [-0.2, -0.15) is 0 Å². The van der Waals surface area contributed by atoms with Gasteiger partial charge in [0.1, 0.15) is 11.8 Å². The molecule has 1 aliphatic rings. The van der Waals surface area contributed by atoms with Crippen molar-refractivity contribution < 1.29 is 22.7 Å². The highest BCUT2D eigenvalue weighted by Gasteiger charge is 2.44. The SMILES string of the molecule is COc1ccccc1NC(=O)[C@H]1CCC(=O)N1S(=O)(=O)c1ccc(C)cc1. The van der Waals surface area contributed by atoms with E-state index in [2.05, 4.69) is 5.32 Å². The zero-order chi connectivity index (χ0) is 19.6. The van der Waals surface area contributed by atoms with E-state index in [0.717, 1.165) is 5.56 Å². The molecule has 1 atom stereocenters. The molecule has 1 saturated heterocycles. The van der Waals surface area contributed by atoms with Crippen LogP contribution in [-0.2, 0) is 19.6 Å². The first kappa shape index (κ1) is 18.9. The van der Waals surface area contributed by atoms with E-state index >= 15 is 0 Å². The van der Waals surface area contributed by atoms with Gasteiger partial charge in [0.2, 0.25) is 11.8 Å². The van der Waals surface area contributed by atoms with E-state index in [-0.39, 0.29) is 17.7 Å². The van der Waals surface area contributed by atoms with E-state index in [4.69, 9.17) is 4.74 Å². The number of nitrogens with zero attached hydrogens (tertiary/aromatic N) is 1. The van der Waals surface area contributed by atoms with Crippen molar-refractivity contribution in [1.29, 1.82) is 0 Å². The molecule has 27 heavy (non-hydrogen) atoms. The van der Waals surface area contributed by atoms with Gasteiger partial charge >= 0.3 is 0 Å². The van der Waals surface area contributed by atoms with Gasteiger partial charge in [0.15, 0.2) is 0 Å². The summed E-state index contributed by atoms with van der Waals surface area (Å²) in [6.07, 6.45) is 0.125. The molecule has 0 bridgehead atoms. The Bertz CT molecular complexity index is 970. The molecule has 0 radical (unpaired) electrons. The Balaban J connectivity index is 1.89. The minimum absolute atomic E-state index is 0.00486. The van der Waals surface area contributed by atoms with Crippen molar-refractivity contribution in [2.24, 2.45) is 0 Å². The maximum atomic E-state index is 12.9. The number of aryl methyl sites for hydroxylation is 1. The number of hydrogen-bond donors (Lipinski definition) is 1. The molecule has 7 nitrogen and oxygen atoms in total. The predicted molar refractivity (Wildman–Crippen MR) is 99.9 cm³/mol. The van der Waals surface area contributed by atoms with Gasteiger partial charge in [0, 0.05) is 6.42 Å². The van der Waals surface area contributed by atoms with E-state index in [1.54, 1.807) is 36.4 Å². The van der Waals surface area contributed by atoms with Crippen molar-refractivity contribution in [3.63, 3.8) is 0 Å². The minimum Gasteiger partial charge on any atom is -0.495 e. The number of para-hydroxylation sites is 2. The molecular formula is C19H20N2O5S. The Hall–Kier alpha value is -2.87. The maximum Gasteiger partial charge on any atom is 0.267 e. The number of sulfonamides is 1. The molecule has 0 unspecified atom stereocenters. The van der Waals surface area contributed by atoms with Crippen LogP contribution in [0.25, 0.3) is 0 Å². The van der Waals surface area contributed by atoms with Gasteiger partial charge in [0.05, 0.1) is 17.7 Å². The average Bonchev–Trinajstić information content (AvgIpc) is 3.05. The number of benzene rings is 2. The largest absolute Gasteiger partial charge is 0.495 e. The van der Waals surface area contributed by atoms with Crippen LogP contribution in [0.3, 0.4) is 0 Å². The minimum atomic E-state index is -4.12. The van der Waals surface area contributed by atoms with Crippen molar-refractivity contribution in [1.82, 2.24) is 4.31 Å². The normalized spacial score (nSPS) is 17.0. The first-order chi connectivity index (χ1) is 12.8. The van der Waals surface area contributed by atoms with Gasteiger partial charge in [-0.3, -0.25) is 9.59 Å². The highest BCUT2D eigenvalue weighted by atomic mass is 32.2. The summed E-state index contributed by atoms with van der Waals surface area (Å²) in [5.41, 5.74) is 1.31. The number of methoxy groups -OCH3 is 1. The summed E-state index contributed by atoms with van der Waals surface area (Å²) >= 11 is 0. The molecule has 1 N–H and O–H groups in total. The van der Waals surface area contributed by atoms with E-state index < -0.39 is 27.9 Å². The summed E-state index contributed by atoms with van der Waals surface area (Å²) in [7, 11) is -2.64. The lowest BCUT2D eigenvalue weighted by Crippen LogP contribution is -2.45. The quantitative estimate of drug-likeness (QED) is 0.849. The number of hydrogen-bond acceptors (Lipinski definition) is 5. The van der Waals surface area contributed by atoms with Crippen LogP contribution in [0.5, 0.6) is 5.75 Å². The fraction of sp³-hybridized carbons (Fsp3) is 0.263. The number of rotatable bonds is 5. The summed E-state index contributed by atoms with van der Waals surface area (Å²) in [5.74, 6) is -0.708. The molecule has 1 aliphatic heterocycles. The monoisotopic (exact) mass is 388 g/mol. The fourth-order valence-corrected chi connectivity index (χ4v) is 4.59. The van der Waals surface area contributed by atoms with Crippen LogP contribution < -0.4 is 10.1 Å². The van der Waals surface area contributed by atoms with Gasteiger partial charge < -0.3 is 10.1 Å². The Labute approximate surface area is 158 Å². The highest BCUT2D eigenvalue weighted by molar-refractivity contribution is 7.89. The molecule has 2 aromatic rings. The third-order valence-electron chi connectivity index (χ3n) is 4.41. The molecule has 0 saturated carbocycles. The van der Waals surface area contributed by atoms with E-state index in [0.29, 0.717) is 15.7 Å². The summed E-state index contributed by atoms with van der Waals surface area (Å²) in [5, 5.41) is 2.66. The van der Waals surface area contributed by atoms with Gasteiger partial charge in [-0.1, -0.05) is 29.8 Å². The Morgan fingerprint density at radius 2 is 1.81 bits per heavy atom. The molecule has 8 heteroatoms. The van der Waals surface area contributed by atoms with Crippen molar-refractivity contribution in [2.75, 3.05) is 12.4 Å². The predicted octanol–water partition coefficient (Wildman–Crippen LogP) is 2.32. The maximum absolute atomic E-state index is 12.9. The first-order valence-corrected chi connectivity index (χ1v) is 9.86. The van der Waals surface area contributed by atoms with E-state index in [1.165, 1.54) is 19.2 Å². The Kier molecular flexibility index (Phi) is 5.18. The van der Waals surface area contributed by atoms with Crippen LogP contribution in [0.15, 0.2) is 53.4 Å². The molecule has 1 heterocycles. The molecule has 142 valence electrons. The van der Waals surface area contributed by atoms with Crippen LogP contribution in [0.4, 0.5) is 5.69 Å². The Morgan fingerprint density at radius 3 is 2.48 bits per heavy atom. The van der Waals surface area contributed by atoms with E-state index in [1.807, 2.05) is 6.92 Å². The lowest BCUT2D eigenvalue weighted by Gasteiger charge is -2.24. The van der Waals surface area contributed by atoms with Crippen molar-refractivity contribution in [3.8, 4) is 5.75 Å². The topological polar surface area (TPSA) is 92.8 Å². The summed E-state index contributed by atoms with van der Waals surface area (Å²) in [6.45, 7) is 1.83. The Morgan fingerprint density at radius 1 is 1.15 bits per heavy atom. The summed E-state index contributed by atoms with van der Waals surface area (Å²) < 4.78 is 31.8. The number of anilines is 1. The molecule has 1 fully saturated rings. The lowest BCUT2D eigenvalue weighted by atomic mass is 10.2. The lowest BCUT2D eigenvalue weighted by molar-refractivity contribution is -0.128. The number of ether oxygens (including phenoxy) is 1. The fourth-order valence-electron chi connectivity index (χ4n) is 2.99. The van der Waals surface area contributed by atoms with Crippen LogP contribution in [0, 0.1) is 6.92 Å². The summed E-state index contributed by atoms with van der Waals surface area (Å²) in [4.78, 5) is 25.0. The van der Waals surface area contributed by atoms with Crippen LogP contribution in [0.2, 0.25) is 0 Å². The molecular weight excluding hydrogens is 368 g/mol. The summed E-state index contributed by atoms with van der Waals surface area (Å²) in [6, 6.07) is 11.9. The van der Waals surface area contributed by atoms with E-state index in [9.17, 15) is 18.0 Å². The van der Waals surface area contributed by atoms with Crippen LogP contribution in [0.1, 0.15) is 18.4 Å². The molecule has 0 aromatic heterocycles. The number of nitrogens with one attached hydrogen (secondary N) is 1. The van der Waals surface area contributed by atoms with Crippen molar-refractivity contribution in [2.45, 2.75) is 30.7 Å². The average molecular weight is 388 g/mol. The van der Waals surface area contributed by atoms with Crippen LogP contribution in [-0.4, -0.2) is 37.7 Å². The molecule has 3 rings (SSSR count). The smallest absolute Gasteiger partial charge is 0.267 e.